The summed E-state index contributed by atoms with van der Waals surface area (Å²) in [5.74, 6) is 1.48. The maximum atomic E-state index is 5.34. The van der Waals surface area contributed by atoms with Gasteiger partial charge in [0.05, 0.1) is 16.7 Å². The summed E-state index contributed by atoms with van der Waals surface area (Å²) in [5, 5.41) is 8.67. The Balaban J connectivity index is 1.09. The topological polar surface area (TPSA) is 41.7 Å². The fourth-order valence-electron chi connectivity index (χ4n) is 7.62. The summed E-state index contributed by atoms with van der Waals surface area (Å²) in [4.78, 5) is 10.5. The highest BCUT2D eigenvalue weighted by atomic mass is 15.2. The van der Waals surface area contributed by atoms with E-state index in [1.165, 1.54) is 32.7 Å². The van der Waals surface area contributed by atoms with Crippen LogP contribution < -0.4 is 5.32 Å². The van der Waals surface area contributed by atoms with Crippen LogP contribution in [0.15, 0.2) is 204 Å². The van der Waals surface area contributed by atoms with Crippen molar-refractivity contribution in [2.75, 3.05) is 0 Å². The number of amidine groups is 2. The molecular formula is C49H34N4. The molecular weight excluding hydrogens is 645 g/mol. The Morgan fingerprint density at radius 2 is 0.943 bits per heavy atom. The molecule has 2 heterocycles. The van der Waals surface area contributed by atoms with E-state index in [1.807, 2.05) is 6.07 Å². The second-order valence-electron chi connectivity index (χ2n) is 13.5. The van der Waals surface area contributed by atoms with Gasteiger partial charge in [-0.1, -0.05) is 170 Å². The molecule has 53 heavy (non-hydrogen) atoms. The largest absolute Gasteiger partial charge is 0.344 e. The van der Waals surface area contributed by atoms with Gasteiger partial charge in [-0.2, -0.15) is 0 Å². The van der Waals surface area contributed by atoms with Gasteiger partial charge in [0, 0.05) is 27.5 Å². The highest BCUT2D eigenvalue weighted by molar-refractivity contribution is 6.13. The molecule has 0 bridgehead atoms. The average molecular weight is 679 g/mol. The minimum Gasteiger partial charge on any atom is -0.344 e. The molecule has 0 saturated heterocycles. The molecule has 10 rings (SSSR count). The zero-order valence-electron chi connectivity index (χ0n) is 28.9. The van der Waals surface area contributed by atoms with Crippen molar-refractivity contribution in [3.8, 4) is 27.9 Å². The van der Waals surface area contributed by atoms with E-state index in [-0.39, 0.29) is 6.17 Å². The van der Waals surface area contributed by atoms with Crippen LogP contribution in [0.2, 0.25) is 0 Å². The first-order chi connectivity index (χ1) is 26.3. The Kier molecular flexibility index (Phi) is 7.51. The van der Waals surface area contributed by atoms with Crippen molar-refractivity contribution >= 4 is 44.2 Å². The third kappa shape index (κ3) is 5.58. The molecule has 1 aliphatic heterocycles. The molecule has 1 aromatic heterocycles. The predicted octanol–water partition coefficient (Wildman–Crippen LogP) is 11.8. The van der Waals surface area contributed by atoms with E-state index < -0.39 is 0 Å². The highest BCUT2D eigenvalue weighted by Gasteiger charge is 2.25. The summed E-state index contributed by atoms with van der Waals surface area (Å²) in [6, 6.07) is 68.7. The third-order valence-electron chi connectivity index (χ3n) is 10.3. The number of fused-ring (bicyclic) bond motifs is 4. The van der Waals surface area contributed by atoms with Crippen LogP contribution in [0.5, 0.6) is 0 Å². The first-order valence-electron chi connectivity index (χ1n) is 18.0. The maximum Gasteiger partial charge on any atom is 0.159 e. The van der Waals surface area contributed by atoms with E-state index in [0.717, 1.165) is 50.4 Å². The summed E-state index contributed by atoms with van der Waals surface area (Å²) >= 11 is 0. The van der Waals surface area contributed by atoms with Crippen LogP contribution in [0.25, 0.3) is 60.5 Å². The van der Waals surface area contributed by atoms with Crippen molar-refractivity contribution in [1.82, 2.24) is 9.88 Å². The van der Waals surface area contributed by atoms with Crippen LogP contribution in [-0.2, 0) is 0 Å². The number of hydrogen-bond acceptors (Lipinski definition) is 3. The fourth-order valence-corrected chi connectivity index (χ4v) is 7.62. The van der Waals surface area contributed by atoms with Crippen molar-refractivity contribution in [1.29, 1.82) is 0 Å². The molecule has 0 amide bonds. The van der Waals surface area contributed by atoms with E-state index in [1.54, 1.807) is 0 Å². The number of para-hydroxylation sites is 3. The van der Waals surface area contributed by atoms with Gasteiger partial charge >= 0.3 is 0 Å². The summed E-state index contributed by atoms with van der Waals surface area (Å²) in [5.41, 5.74) is 11.1. The van der Waals surface area contributed by atoms with Gasteiger partial charge in [-0.15, -0.1) is 0 Å². The number of aliphatic imine (C=N–C) groups is 2. The molecule has 250 valence electrons. The van der Waals surface area contributed by atoms with Crippen molar-refractivity contribution in [3.63, 3.8) is 0 Å². The molecule has 4 nitrogen and oxygen atoms in total. The number of benzene rings is 8. The first kappa shape index (κ1) is 30.8. The van der Waals surface area contributed by atoms with Gasteiger partial charge in [0.15, 0.2) is 5.84 Å². The first-order valence-corrected chi connectivity index (χ1v) is 18.0. The molecule has 1 atom stereocenters. The molecule has 9 aromatic rings. The highest BCUT2D eigenvalue weighted by Crippen LogP contribution is 2.36. The number of nitrogens with zero attached hydrogens (tertiary/aromatic N) is 3. The van der Waals surface area contributed by atoms with Crippen LogP contribution in [0.1, 0.15) is 22.9 Å². The van der Waals surface area contributed by atoms with Gasteiger partial charge in [-0.25, -0.2) is 9.98 Å². The fraction of sp³-hybridized carbons (Fsp3) is 0.0204. The van der Waals surface area contributed by atoms with Crippen LogP contribution in [-0.4, -0.2) is 16.2 Å². The van der Waals surface area contributed by atoms with Gasteiger partial charge in [0.1, 0.15) is 12.0 Å². The lowest BCUT2D eigenvalue weighted by atomic mass is 10.00. The average Bonchev–Trinajstić information content (AvgIpc) is 3.58. The summed E-state index contributed by atoms with van der Waals surface area (Å²) < 4.78 is 2.37. The second kappa shape index (κ2) is 12.9. The lowest BCUT2D eigenvalue weighted by molar-refractivity contribution is 0.670. The second-order valence-corrected chi connectivity index (χ2v) is 13.5. The smallest absolute Gasteiger partial charge is 0.159 e. The molecule has 0 aliphatic carbocycles. The van der Waals surface area contributed by atoms with E-state index >= 15 is 0 Å². The molecule has 1 N–H and O–H groups in total. The Hall–Kier alpha value is -7.04. The van der Waals surface area contributed by atoms with Gasteiger partial charge in [-0.3, -0.25) is 0 Å². The summed E-state index contributed by atoms with van der Waals surface area (Å²) in [6.45, 7) is 0. The molecule has 1 aliphatic rings. The van der Waals surface area contributed by atoms with Crippen LogP contribution in [0.3, 0.4) is 0 Å². The summed E-state index contributed by atoms with van der Waals surface area (Å²) in [6.07, 6.45) is -0.386. The molecule has 0 spiro atoms. The SMILES string of the molecule is c1ccc(-c2ccc(C3=NC(c4ccc(-c5ccc6ccccc6c5)cc4)=NC(c4ccccc4-n4c5ccccc5c5ccccc54)N3)cc2)cc1. The molecule has 8 aromatic carbocycles. The van der Waals surface area contributed by atoms with Crippen LogP contribution in [0.4, 0.5) is 0 Å². The van der Waals surface area contributed by atoms with Gasteiger partial charge in [-0.05, 0) is 57.3 Å². The Labute approximate surface area is 308 Å². The number of rotatable bonds is 6. The van der Waals surface area contributed by atoms with E-state index in [0.29, 0.717) is 5.84 Å². The third-order valence-corrected chi connectivity index (χ3v) is 10.3. The van der Waals surface area contributed by atoms with Gasteiger partial charge < -0.3 is 9.88 Å². The Morgan fingerprint density at radius 3 is 1.68 bits per heavy atom. The monoisotopic (exact) mass is 678 g/mol. The minimum atomic E-state index is -0.386. The zero-order chi connectivity index (χ0) is 35.1. The van der Waals surface area contributed by atoms with E-state index in [2.05, 4.69) is 198 Å². The predicted molar refractivity (Wildman–Crippen MR) is 221 cm³/mol. The van der Waals surface area contributed by atoms with E-state index in [9.17, 15) is 0 Å². The molecule has 1 unspecified atom stereocenters. The lowest BCUT2D eigenvalue weighted by Gasteiger charge is -2.26. The number of nitrogens with one attached hydrogen (secondary N) is 1. The van der Waals surface area contributed by atoms with Gasteiger partial charge in [0.25, 0.3) is 0 Å². The lowest BCUT2D eigenvalue weighted by Crippen LogP contribution is -2.34. The maximum absolute atomic E-state index is 5.34. The molecule has 0 fully saturated rings. The van der Waals surface area contributed by atoms with Crippen molar-refractivity contribution in [2.45, 2.75) is 6.17 Å². The number of aromatic nitrogens is 1. The Bertz CT molecular complexity index is 2790. The van der Waals surface area contributed by atoms with Crippen molar-refractivity contribution in [2.24, 2.45) is 9.98 Å². The van der Waals surface area contributed by atoms with Crippen molar-refractivity contribution in [3.05, 3.63) is 211 Å². The van der Waals surface area contributed by atoms with Gasteiger partial charge in [0.2, 0.25) is 0 Å². The Morgan fingerprint density at radius 1 is 0.415 bits per heavy atom. The van der Waals surface area contributed by atoms with Crippen LogP contribution in [0, 0.1) is 0 Å². The standard InChI is InChI=1S/C49H34N4/c1-2-12-33(13-3-1)35-22-27-37(28-23-35)47-50-48(38-29-24-36(25-30-38)40-31-26-34-14-4-5-15-39(34)32-40)52-49(51-47)43-18-8-11-21-46(43)53-44-19-9-6-16-41(44)42-17-7-10-20-45(42)53/h1-32,49H,(H,50,51,52). The van der Waals surface area contributed by atoms with E-state index in [4.69, 9.17) is 9.98 Å². The quantitative estimate of drug-likeness (QED) is 0.187. The molecule has 0 radical (unpaired) electrons. The molecule has 4 heteroatoms. The minimum absolute atomic E-state index is 0.386. The van der Waals surface area contributed by atoms with Crippen molar-refractivity contribution < 1.29 is 0 Å². The molecule has 0 saturated carbocycles. The number of hydrogen-bond donors (Lipinski definition) is 1. The van der Waals surface area contributed by atoms with Crippen LogP contribution >= 0.6 is 0 Å². The summed E-state index contributed by atoms with van der Waals surface area (Å²) in [7, 11) is 0. The normalized spacial score (nSPS) is 14.2. The zero-order valence-corrected chi connectivity index (χ0v) is 28.9.